The average molecular weight is 273 g/mol. The van der Waals surface area contributed by atoms with Crippen molar-refractivity contribution in [1.82, 2.24) is 9.71 Å². The molecule has 0 atom stereocenters. The van der Waals surface area contributed by atoms with Crippen molar-refractivity contribution in [3.8, 4) is 0 Å². The van der Waals surface area contributed by atoms with Crippen LogP contribution in [0.1, 0.15) is 19.8 Å². The lowest BCUT2D eigenvalue weighted by Gasteiger charge is -2.07. The Morgan fingerprint density at radius 1 is 1.44 bits per heavy atom. The molecule has 0 radical (unpaired) electrons. The molecular formula is C11H19N3O3S. The van der Waals surface area contributed by atoms with Gasteiger partial charge in [0.1, 0.15) is 0 Å². The Morgan fingerprint density at radius 2 is 2.22 bits per heavy atom. The molecule has 0 saturated heterocycles. The van der Waals surface area contributed by atoms with Gasteiger partial charge in [0.25, 0.3) is 10.0 Å². The second-order valence-corrected chi connectivity index (χ2v) is 5.44. The zero-order valence-electron chi connectivity index (χ0n) is 10.4. The van der Waals surface area contributed by atoms with E-state index in [9.17, 15) is 8.42 Å². The quantitative estimate of drug-likeness (QED) is 0.682. The van der Waals surface area contributed by atoms with E-state index in [0.717, 1.165) is 6.42 Å². The molecule has 0 fully saturated rings. The first-order valence-electron chi connectivity index (χ1n) is 5.86. The Hall–Kier alpha value is -1.18. The summed E-state index contributed by atoms with van der Waals surface area (Å²) in [4.78, 5) is 3.77. The number of nitrogens with one attached hydrogen (secondary N) is 1. The second kappa shape index (κ2) is 7.30. The number of nitrogen functional groups attached to an aromatic ring is 1. The van der Waals surface area contributed by atoms with Crippen LogP contribution in [-0.2, 0) is 14.8 Å². The number of hydrogen-bond acceptors (Lipinski definition) is 5. The van der Waals surface area contributed by atoms with E-state index < -0.39 is 10.0 Å². The van der Waals surface area contributed by atoms with E-state index >= 15 is 0 Å². The zero-order chi connectivity index (χ0) is 13.4. The Labute approximate surface area is 108 Å². The van der Waals surface area contributed by atoms with Gasteiger partial charge in [-0.2, -0.15) is 0 Å². The van der Waals surface area contributed by atoms with Crippen molar-refractivity contribution in [2.75, 3.05) is 25.5 Å². The van der Waals surface area contributed by atoms with Crippen LogP contribution in [0.25, 0.3) is 0 Å². The fourth-order valence-electron chi connectivity index (χ4n) is 1.32. The molecule has 0 bridgehead atoms. The lowest BCUT2D eigenvalue weighted by Crippen LogP contribution is -2.27. The second-order valence-electron chi connectivity index (χ2n) is 3.76. The number of aromatic nitrogens is 1. The van der Waals surface area contributed by atoms with Gasteiger partial charge >= 0.3 is 0 Å². The lowest BCUT2D eigenvalue weighted by molar-refractivity contribution is 0.133. The molecule has 1 aromatic rings. The minimum Gasteiger partial charge on any atom is -0.396 e. The average Bonchev–Trinajstić information content (AvgIpc) is 2.34. The third-order valence-electron chi connectivity index (χ3n) is 2.16. The number of ether oxygens (including phenoxy) is 1. The van der Waals surface area contributed by atoms with Crippen LogP contribution in [0.2, 0.25) is 0 Å². The van der Waals surface area contributed by atoms with Crippen LogP contribution in [-0.4, -0.2) is 33.2 Å². The van der Waals surface area contributed by atoms with Crippen LogP contribution in [0, 0.1) is 0 Å². The molecule has 0 saturated carbocycles. The molecule has 102 valence electrons. The standard InChI is InChI=1S/C11H19N3O3S/c1-2-8-17-9-4-7-14-18(15,16)11-10(12)5-3-6-13-11/h3,5-6,14H,2,4,7-9,12H2,1H3. The van der Waals surface area contributed by atoms with Crippen molar-refractivity contribution in [1.29, 1.82) is 0 Å². The van der Waals surface area contributed by atoms with Crippen molar-refractivity contribution in [2.24, 2.45) is 0 Å². The van der Waals surface area contributed by atoms with Crippen molar-refractivity contribution in [2.45, 2.75) is 24.8 Å². The van der Waals surface area contributed by atoms with Gasteiger partial charge in [-0.3, -0.25) is 0 Å². The molecular weight excluding hydrogens is 254 g/mol. The molecule has 3 N–H and O–H groups in total. The number of pyridine rings is 1. The summed E-state index contributed by atoms with van der Waals surface area (Å²) in [5.74, 6) is 0. The molecule has 1 rings (SSSR count). The van der Waals surface area contributed by atoms with Gasteiger partial charge in [0, 0.05) is 26.0 Å². The Balaban J connectivity index is 2.44. The van der Waals surface area contributed by atoms with Crippen molar-refractivity contribution < 1.29 is 13.2 Å². The number of hydrogen-bond donors (Lipinski definition) is 2. The van der Waals surface area contributed by atoms with Gasteiger partial charge in [-0.15, -0.1) is 0 Å². The molecule has 0 aliphatic carbocycles. The third kappa shape index (κ3) is 4.59. The molecule has 0 aliphatic rings. The van der Waals surface area contributed by atoms with Crippen molar-refractivity contribution >= 4 is 15.7 Å². The highest BCUT2D eigenvalue weighted by Crippen LogP contribution is 2.13. The minimum absolute atomic E-state index is 0.125. The molecule has 6 nitrogen and oxygen atoms in total. The summed E-state index contributed by atoms with van der Waals surface area (Å²) in [6.07, 6.45) is 2.97. The molecule has 0 unspecified atom stereocenters. The molecule has 0 aromatic carbocycles. The largest absolute Gasteiger partial charge is 0.396 e. The molecule has 7 heteroatoms. The summed E-state index contributed by atoms with van der Waals surface area (Å²) in [5.41, 5.74) is 5.72. The van der Waals surface area contributed by atoms with Gasteiger partial charge in [0.15, 0.2) is 5.03 Å². The number of rotatable bonds is 8. The third-order valence-corrected chi connectivity index (χ3v) is 3.60. The first-order valence-corrected chi connectivity index (χ1v) is 7.34. The first kappa shape index (κ1) is 14.9. The van der Waals surface area contributed by atoms with Gasteiger partial charge in [-0.25, -0.2) is 18.1 Å². The zero-order valence-corrected chi connectivity index (χ0v) is 11.2. The molecule has 0 aliphatic heterocycles. The van der Waals surface area contributed by atoms with Crippen molar-refractivity contribution in [3.63, 3.8) is 0 Å². The molecule has 1 heterocycles. The van der Waals surface area contributed by atoms with E-state index in [1.165, 1.54) is 12.3 Å². The van der Waals surface area contributed by atoms with Crippen LogP contribution in [0.4, 0.5) is 5.69 Å². The van der Waals surface area contributed by atoms with E-state index in [1.54, 1.807) is 6.07 Å². The monoisotopic (exact) mass is 273 g/mol. The van der Waals surface area contributed by atoms with E-state index in [0.29, 0.717) is 26.2 Å². The summed E-state index contributed by atoms with van der Waals surface area (Å²) in [6, 6.07) is 3.10. The highest BCUT2D eigenvalue weighted by atomic mass is 32.2. The molecule has 18 heavy (non-hydrogen) atoms. The summed E-state index contributed by atoms with van der Waals surface area (Å²) < 4.78 is 31.4. The van der Waals surface area contributed by atoms with Gasteiger partial charge in [-0.1, -0.05) is 6.92 Å². The van der Waals surface area contributed by atoms with Gasteiger partial charge < -0.3 is 10.5 Å². The van der Waals surface area contributed by atoms with Gasteiger partial charge in [-0.05, 0) is 25.0 Å². The van der Waals surface area contributed by atoms with E-state index in [2.05, 4.69) is 9.71 Å². The topological polar surface area (TPSA) is 94.3 Å². The minimum atomic E-state index is -3.63. The fraction of sp³-hybridized carbons (Fsp3) is 0.545. The van der Waals surface area contributed by atoms with E-state index in [4.69, 9.17) is 10.5 Å². The summed E-state index contributed by atoms with van der Waals surface area (Å²) in [6.45, 7) is 3.56. The summed E-state index contributed by atoms with van der Waals surface area (Å²) >= 11 is 0. The predicted molar refractivity (Wildman–Crippen MR) is 69.6 cm³/mol. The molecule has 0 amide bonds. The Morgan fingerprint density at radius 3 is 2.89 bits per heavy atom. The fourth-order valence-corrected chi connectivity index (χ4v) is 2.45. The maximum absolute atomic E-state index is 11.8. The lowest BCUT2D eigenvalue weighted by atomic mass is 10.4. The SMILES string of the molecule is CCCOCCCNS(=O)(=O)c1ncccc1N. The highest BCUT2D eigenvalue weighted by molar-refractivity contribution is 7.89. The smallest absolute Gasteiger partial charge is 0.260 e. The van der Waals surface area contributed by atoms with Crippen LogP contribution >= 0.6 is 0 Å². The van der Waals surface area contributed by atoms with Gasteiger partial charge in [0.2, 0.25) is 0 Å². The van der Waals surface area contributed by atoms with E-state index in [1.807, 2.05) is 6.92 Å². The highest BCUT2D eigenvalue weighted by Gasteiger charge is 2.17. The maximum atomic E-state index is 11.8. The maximum Gasteiger partial charge on any atom is 0.260 e. The predicted octanol–water partition coefficient (Wildman–Crippen LogP) is 0.759. The number of nitrogens with two attached hydrogens (primary N) is 1. The summed E-state index contributed by atoms with van der Waals surface area (Å²) in [7, 11) is -3.63. The Kier molecular flexibility index (Phi) is 6.03. The number of sulfonamides is 1. The normalized spacial score (nSPS) is 11.6. The van der Waals surface area contributed by atoms with Gasteiger partial charge in [0.05, 0.1) is 5.69 Å². The van der Waals surface area contributed by atoms with Crippen LogP contribution < -0.4 is 10.5 Å². The Bertz CT molecular complexity index is 462. The van der Waals surface area contributed by atoms with Crippen LogP contribution in [0.3, 0.4) is 0 Å². The van der Waals surface area contributed by atoms with Crippen LogP contribution in [0.15, 0.2) is 23.4 Å². The number of anilines is 1. The van der Waals surface area contributed by atoms with Crippen LogP contribution in [0.5, 0.6) is 0 Å². The molecule has 0 spiro atoms. The molecule has 1 aromatic heterocycles. The van der Waals surface area contributed by atoms with E-state index in [-0.39, 0.29) is 10.7 Å². The summed E-state index contributed by atoms with van der Waals surface area (Å²) in [5, 5.41) is -0.125. The first-order chi connectivity index (χ1) is 8.58. The van der Waals surface area contributed by atoms with Crippen molar-refractivity contribution in [3.05, 3.63) is 18.3 Å². The number of nitrogens with zero attached hydrogens (tertiary/aromatic N) is 1.